The molecule has 0 N–H and O–H groups in total. The SMILES string of the molecule is CCCCS(=O)(=O)N1CCN(C(=O)CCc2cccs2)CC1. The van der Waals surface area contributed by atoms with Gasteiger partial charge in [-0.15, -0.1) is 11.3 Å². The number of carbonyl (C=O) groups excluding carboxylic acids is 1. The molecule has 0 aromatic carbocycles. The summed E-state index contributed by atoms with van der Waals surface area (Å²) in [5, 5.41) is 2.01. The number of sulfonamides is 1. The summed E-state index contributed by atoms with van der Waals surface area (Å²) in [6.45, 7) is 3.86. The van der Waals surface area contributed by atoms with Crippen molar-refractivity contribution in [2.75, 3.05) is 31.9 Å². The number of rotatable bonds is 7. The Labute approximate surface area is 137 Å². The maximum absolute atomic E-state index is 12.2. The summed E-state index contributed by atoms with van der Waals surface area (Å²) in [5.74, 6) is 0.342. The third-order valence-electron chi connectivity index (χ3n) is 3.91. The van der Waals surface area contributed by atoms with E-state index in [0.717, 1.165) is 12.8 Å². The van der Waals surface area contributed by atoms with E-state index in [2.05, 4.69) is 0 Å². The number of hydrogen-bond acceptors (Lipinski definition) is 4. The first-order valence-electron chi connectivity index (χ1n) is 7.81. The Morgan fingerprint density at radius 2 is 2.00 bits per heavy atom. The molecular formula is C15H24N2O3S2. The van der Waals surface area contributed by atoms with Gasteiger partial charge in [-0.05, 0) is 24.3 Å². The lowest BCUT2D eigenvalue weighted by Gasteiger charge is -2.34. The van der Waals surface area contributed by atoms with Crippen molar-refractivity contribution in [2.24, 2.45) is 0 Å². The van der Waals surface area contributed by atoms with Crippen LogP contribution in [0.2, 0.25) is 0 Å². The van der Waals surface area contributed by atoms with Crippen LogP contribution in [0.25, 0.3) is 0 Å². The van der Waals surface area contributed by atoms with Gasteiger partial charge in [-0.25, -0.2) is 8.42 Å². The predicted molar refractivity (Wildman–Crippen MR) is 89.5 cm³/mol. The molecule has 22 heavy (non-hydrogen) atoms. The second kappa shape index (κ2) is 8.08. The van der Waals surface area contributed by atoms with E-state index in [-0.39, 0.29) is 11.7 Å². The normalized spacial score (nSPS) is 16.9. The zero-order valence-electron chi connectivity index (χ0n) is 13.0. The van der Waals surface area contributed by atoms with Crippen molar-refractivity contribution < 1.29 is 13.2 Å². The second-order valence-corrected chi connectivity index (χ2v) is 8.65. The zero-order chi connectivity index (χ0) is 16.0. The van der Waals surface area contributed by atoms with Gasteiger partial charge in [0.15, 0.2) is 0 Å². The van der Waals surface area contributed by atoms with E-state index >= 15 is 0 Å². The standard InChI is InChI=1S/C15H24N2O3S2/c1-2-3-13-22(19,20)17-10-8-16(9-11-17)15(18)7-6-14-5-4-12-21-14/h4-5,12H,2-3,6-11,13H2,1H3. The number of nitrogens with zero attached hydrogens (tertiary/aromatic N) is 2. The number of piperazine rings is 1. The van der Waals surface area contributed by atoms with Gasteiger partial charge in [-0.3, -0.25) is 4.79 Å². The third-order valence-corrected chi connectivity index (χ3v) is 6.80. The number of unbranched alkanes of at least 4 members (excludes halogenated alkanes) is 1. The van der Waals surface area contributed by atoms with Crippen LogP contribution in [0.1, 0.15) is 31.1 Å². The fourth-order valence-electron chi connectivity index (χ4n) is 2.51. The van der Waals surface area contributed by atoms with Crippen LogP contribution < -0.4 is 0 Å². The minimum absolute atomic E-state index is 0.124. The van der Waals surface area contributed by atoms with Crippen LogP contribution in [-0.4, -0.2) is 55.5 Å². The molecule has 0 saturated carbocycles. The minimum atomic E-state index is -3.15. The van der Waals surface area contributed by atoms with Gasteiger partial charge in [0.05, 0.1) is 5.75 Å². The number of carbonyl (C=O) groups is 1. The first-order valence-corrected chi connectivity index (χ1v) is 10.3. The molecule has 0 bridgehead atoms. The van der Waals surface area contributed by atoms with Crippen LogP contribution >= 0.6 is 11.3 Å². The Morgan fingerprint density at radius 3 is 2.59 bits per heavy atom. The number of thiophene rings is 1. The number of amides is 1. The monoisotopic (exact) mass is 344 g/mol. The van der Waals surface area contributed by atoms with Gasteiger partial charge in [0, 0.05) is 37.5 Å². The van der Waals surface area contributed by atoms with Gasteiger partial charge in [0.2, 0.25) is 15.9 Å². The fourth-order valence-corrected chi connectivity index (χ4v) is 4.85. The fraction of sp³-hybridized carbons (Fsp3) is 0.667. The summed E-state index contributed by atoms with van der Waals surface area (Å²) in [6.07, 6.45) is 2.84. The lowest BCUT2D eigenvalue weighted by atomic mass is 10.2. The number of hydrogen-bond donors (Lipinski definition) is 0. The summed E-state index contributed by atoms with van der Waals surface area (Å²) in [5.41, 5.74) is 0. The van der Waals surface area contributed by atoms with E-state index in [0.29, 0.717) is 39.0 Å². The Morgan fingerprint density at radius 1 is 1.27 bits per heavy atom. The Balaban J connectivity index is 1.77. The summed E-state index contributed by atoms with van der Waals surface area (Å²) in [7, 11) is -3.15. The van der Waals surface area contributed by atoms with Crippen molar-refractivity contribution in [3.8, 4) is 0 Å². The highest BCUT2D eigenvalue weighted by Gasteiger charge is 2.28. The van der Waals surface area contributed by atoms with Gasteiger partial charge < -0.3 is 4.90 Å². The first kappa shape index (κ1) is 17.4. The molecule has 2 heterocycles. The molecule has 1 amide bonds. The van der Waals surface area contributed by atoms with E-state index in [1.807, 2.05) is 24.4 Å². The van der Waals surface area contributed by atoms with E-state index in [1.54, 1.807) is 16.2 Å². The maximum atomic E-state index is 12.2. The molecule has 1 aromatic heterocycles. The predicted octanol–water partition coefficient (Wildman–Crippen LogP) is 1.95. The van der Waals surface area contributed by atoms with Gasteiger partial charge in [-0.2, -0.15) is 4.31 Å². The average Bonchev–Trinajstić information content (AvgIpc) is 3.04. The van der Waals surface area contributed by atoms with E-state index in [4.69, 9.17) is 0 Å². The van der Waals surface area contributed by atoms with Gasteiger partial charge in [-0.1, -0.05) is 19.4 Å². The molecule has 7 heteroatoms. The molecule has 0 aliphatic carbocycles. The molecule has 124 valence electrons. The zero-order valence-corrected chi connectivity index (χ0v) is 14.7. The Bertz CT molecular complexity index is 562. The molecule has 5 nitrogen and oxygen atoms in total. The largest absolute Gasteiger partial charge is 0.340 e. The minimum Gasteiger partial charge on any atom is -0.340 e. The smallest absolute Gasteiger partial charge is 0.223 e. The van der Waals surface area contributed by atoms with E-state index < -0.39 is 10.0 Å². The molecule has 1 aromatic rings. The topological polar surface area (TPSA) is 57.7 Å². The van der Waals surface area contributed by atoms with Crippen molar-refractivity contribution >= 4 is 27.3 Å². The molecule has 0 atom stereocenters. The molecule has 0 radical (unpaired) electrons. The quantitative estimate of drug-likeness (QED) is 0.760. The van der Waals surface area contributed by atoms with Crippen LogP contribution in [0.15, 0.2) is 17.5 Å². The van der Waals surface area contributed by atoms with Crippen LogP contribution in [0, 0.1) is 0 Å². The molecular weight excluding hydrogens is 320 g/mol. The number of aryl methyl sites for hydroxylation is 1. The van der Waals surface area contributed by atoms with E-state index in [9.17, 15) is 13.2 Å². The van der Waals surface area contributed by atoms with Crippen LogP contribution in [0.3, 0.4) is 0 Å². The van der Waals surface area contributed by atoms with Crippen molar-refractivity contribution in [1.29, 1.82) is 0 Å². The summed E-state index contributed by atoms with van der Waals surface area (Å²) in [4.78, 5) is 15.2. The van der Waals surface area contributed by atoms with Crippen LogP contribution in [0.5, 0.6) is 0 Å². The van der Waals surface area contributed by atoms with Crippen molar-refractivity contribution in [2.45, 2.75) is 32.6 Å². The van der Waals surface area contributed by atoms with Crippen LogP contribution in [0.4, 0.5) is 0 Å². The Kier molecular flexibility index (Phi) is 6.40. The molecule has 1 aliphatic heterocycles. The molecule has 0 unspecified atom stereocenters. The Hall–Kier alpha value is -0.920. The molecule has 2 rings (SSSR count). The highest BCUT2D eigenvalue weighted by molar-refractivity contribution is 7.89. The van der Waals surface area contributed by atoms with Gasteiger partial charge in [0.1, 0.15) is 0 Å². The highest BCUT2D eigenvalue weighted by atomic mass is 32.2. The second-order valence-electron chi connectivity index (χ2n) is 5.53. The lowest BCUT2D eigenvalue weighted by molar-refractivity contribution is -0.132. The van der Waals surface area contributed by atoms with Gasteiger partial charge in [0.25, 0.3) is 0 Å². The van der Waals surface area contributed by atoms with Crippen molar-refractivity contribution in [3.63, 3.8) is 0 Å². The van der Waals surface area contributed by atoms with E-state index in [1.165, 1.54) is 9.18 Å². The van der Waals surface area contributed by atoms with Crippen molar-refractivity contribution in [1.82, 2.24) is 9.21 Å². The highest BCUT2D eigenvalue weighted by Crippen LogP contribution is 2.14. The third kappa shape index (κ3) is 4.79. The summed E-state index contributed by atoms with van der Waals surface area (Å²) < 4.78 is 25.8. The molecule has 1 fully saturated rings. The summed E-state index contributed by atoms with van der Waals surface area (Å²) in [6, 6.07) is 4.03. The van der Waals surface area contributed by atoms with Crippen LogP contribution in [-0.2, 0) is 21.2 Å². The van der Waals surface area contributed by atoms with Crippen molar-refractivity contribution in [3.05, 3.63) is 22.4 Å². The summed E-state index contributed by atoms with van der Waals surface area (Å²) >= 11 is 1.66. The first-order chi connectivity index (χ1) is 10.5. The maximum Gasteiger partial charge on any atom is 0.223 e. The molecule has 1 saturated heterocycles. The lowest BCUT2D eigenvalue weighted by Crippen LogP contribution is -2.51. The van der Waals surface area contributed by atoms with Gasteiger partial charge >= 0.3 is 0 Å². The molecule has 0 spiro atoms. The molecule has 1 aliphatic rings. The average molecular weight is 345 g/mol.